The van der Waals surface area contributed by atoms with E-state index in [0.29, 0.717) is 5.75 Å². The lowest BCUT2D eigenvalue weighted by atomic mass is 10.1. The number of rotatable bonds is 5. The number of aryl methyl sites for hydroxylation is 2. The molecule has 0 saturated heterocycles. The van der Waals surface area contributed by atoms with Crippen molar-refractivity contribution in [1.82, 2.24) is 9.97 Å². The summed E-state index contributed by atoms with van der Waals surface area (Å²) in [6, 6.07) is 9.27. The van der Waals surface area contributed by atoms with E-state index in [1.54, 1.807) is 12.1 Å². The maximum atomic E-state index is 9.22. The van der Waals surface area contributed by atoms with Crippen LogP contribution in [0.5, 0.6) is 5.75 Å². The second kappa shape index (κ2) is 6.18. The van der Waals surface area contributed by atoms with E-state index in [4.69, 9.17) is 0 Å². The number of anilines is 1. The Hall–Kier alpha value is -2.10. The summed E-state index contributed by atoms with van der Waals surface area (Å²) in [6.07, 6.45) is 1.81. The van der Waals surface area contributed by atoms with E-state index in [1.807, 2.05) is 25.1 Å². The molecule has 0 radical (unpaired) electrons. The average molecular weight is 257 g/mol. The number of benzene rings is 1. The Balaban J connectivity index is 1.92. The van der Waals surface area contributed by atoms with Crippen LogP contribution in [0, 0.1) is 6.92 Å². The summed E-state index contributed by atoms with van der Waals surface area (Å²) >= 11 is 0. The maximum absolute atomic E-state index is 9.22. The first-order valence-electron chi connectivity index (χ1n) is 6.53. The highest BCUT2D eigenvalue weighted by atomic mass is 16.3. The van der Waals surface area contributed by atoms with E-state index in [2.05, 4.69) is 22.2 Å². The lowest BCUT2D eigenvalue weighted by Crippen LogP contribution is -2.08. The number of hydrogen-bond acceptors (Lipinski definition) is 4. The van der Waals surface area contributed by atoms with Gasteiger partial charge in [-0.1, -0.05) is 19.1 Å². The molecule has 0 aliphatic rings. The van der Waals surface area contributed by atoms with Gasteiger partial charge in [0.15, 0.2) is 0 Å². The lowest BCUT2D eigenvalue weighted by Gasteiger charge is -2.08. The fourth-order valence-electron chi connectivity index (χ4n) is 1.90. The molecule has 0 amide bonds. The van der Waals surface area contributed by atoms with E-state index in [1.165, 1.54) is 5.56 Å². The van der Waals surface area contributed by atoms with E-state index in [-0.39, 0.29) is 0 Å². The minimum atomic E-state index is 0.302. The molecule has 2 aromatic rings. The van der Waals surface area contributed by atoms with Gasteiger partial charge in [-0.15, -0.1) is 0 Å². The van der Waals surface area contributed by atoms with Crippen molar-refractivity contribution >= 4 is 5.82 Å². The van der Waals surface area contributed by atoms with Crippen molar-refractivity contribution in [3.63, 3.8) is 0 Å². The van der Waals surface area contributed by atoms with Crippen LogP contribution in [0.4, 0.5) is 5.82 Å². The number of aromatic nitrogens is 2. The number of phenols is 1. The first kappa shape index (κ1) is 13.3. The van der Waals surface area contributed by atoms with Gasteiger partial charge in [-0.05, 0) is 37.5 Å². The van der Waals surface area contributed by atoms with Crippen LogP contribution in [0.2, 0.25) is 0 Å². The summed E-state index contributed by atoms with van der Waals surface area (Å²) in [5.41, 5.74) is 2.24. The topological polar surface area (TPSA) is 58.0 Å². The lowest BCUT2D eigenvalue weighted by molar-refractivity contribution is 0.475. The number of phenolic OH excluding ortho intramolecular Hbond substituents is 1. The molecule has 2 rings (SSSR count). The van der Waals surface area contributed by atoms with Crippen LogP contribution in [-0.4, -0.2) is 21.6 Å². The molecule has 0 fully saturated rings. The summed E-state index contributed by atoms with van der Waals surface area (Å²) in [5, 5.41) is 12.5. The van der Waals surface area contributed by atoms with Crippen LogP contribution >= 0.6 is 0 Å². The third-order valence-corrected chi connectivity index (χ3v) is 2.91. The Bertz CT molecular complexity index is 538. The minimum absolute atomic E-state index is 0.302. The second-order valence-electron chi connectivity index (χ2n) is 4.49. The summed E-state index contributed by atoms with van der Waals surface area (Å²) in [5.74, 6) is 1.98. The molecule has 4 heteroatoms. The van der Waals surface area contributed by atoms with Gasteiger partial charge >= 0.3 is 0 Å². The first-order chi connectivity index (χ1) is 9.17. The predicted molar refractivity (Wildman–Crippen MR) is 76.4 cm³/mol. The smallest absolute Gasteiger partial charge is 0.129 e. The van der Waals surface area contributed by atoms with Crippen molar-refractivity contribution < 1.29 is 5.11 Å². The molecule has 1 aromatic carbocycles. The van der Waals surface area contributed by atoms with Crippen LogP contribution in [0.3, 0.4) is 0 Å². The fourth-order valence-corrected chi connectivity index (χ4v) is 1.90. The van der Waals surface area contributed by atoms with Crippen LogP contribution in [-0.2, 0) is 12.8 Å². The standard InChI is InChI=1S/C15H19N3O/c1-3-13-10-15(18-11(2)17-13)16-9-8-12-4-6-14(19)7-5-12/h4-7,10,19H,3,8-9H2,1-2H3,(H,16,17,18). The molecule has 100 valence electrons. The number of nitrogens with zero attached hydrogens (tertiary/aromatic N) is 2. The number of aromatic hydroxyl groups is 1. The monoisotopic (exact) mass is 257 g/mol. The minimum Gasteiger partial charge on any atom is -0.508 e. The van der Waals surface area contributed by atoms with E-state index in [9.17, 15) is 5.11 Å². The van der Waals surface area contributed by atoms with Gasteiger partial charge in [0.1, 0.15) is 17.4 Å². The molecule has 0 aliphatic carbocycles. The Morgan fingerprint density at radius 3 is 2.58 bits per heavy atom. The zero-order valence-corrected chi connectivity index (χ0v) is 11.3. The van der Waals surface area contributed by atoms with Gasteiger partial charge in [0.2, 0.25) is 0 Å². The average Bonchev–Trinajstić information content (AvgIpc) is 2.40. The zero-order chi connectivity index (χ0) is 13.7. The number of hydrogen-bond donors (Lipinski definition) is 2. The third-order valence-electron chi connectivity index (χ3n) is 2.91. The van der Waals surface area contributed by atoms with Gasteiger partial charge in [-0.2, -0.15) is 0 Å². The molecular formula is C15H19N3O. The summed E-state index contributed by atoms with van der Waals surface area (Å²) < 4.78 is 0. The molecule has 0 aliphatic heterocycles. The highest BCUT2D eigenvalue weighted by Crippen LogP contribution is 2.11. The van der Waals surface area contributed by atoms with Gasteiger partial charge in [-0.25, -0.2) is 9.97 Å². The molecule has 2 N–H and O–H groups in total. The summed E-state index contributed by atoms with van der Waals surface area (Å²) in [7, 11) is 0. The van der Waals surface area contributed by atoms with Crippen molar-refractivity contribution in [3.05, 3.63) is 47.4 Å². The molecular weight excluding hydrogens is 238 g/mol. The highest BCUT2D eigenvalue weighted by molar-refractivity contribution is 5.36. The molecule has 0 spiro atoms. The molecule has 0 unspecified atom stereocenters. The molecule has 0 saturated carbocycles. The molecule has 0 bridgehead atoms. The first-order valence-corrected chi connectivity index (χ1v) is 6.53. The number of nitrogens with one attached hydrogen (secondary N) is 1. The van der Waals surface area contributed by atoms with E-state index < -0.39 is 0 Å². The molecule has 1 heterocycles. The molecule has 1 aromatic heterocycles. The van der Waals surface area contributed by atoms with Crippen LogP contribution < -0.4 is 5.32 Å². The van der Waals surface area contributed by atoms with Crippen LogP contribution in [0.1, 0.15) is 24.0 Å². The summed E-state index contributed by atoms with van der Waals surface area (Å²) in [6.45, 7) is 4.80. The third kappa shape index (κ3) is 3.95. The molecule has 0 atom stereocenters. The quantitative estimate of drug-likeness (QED) is 0.864. The normalized spacial score (nSPS) is 10.4. The van der Waals surface area contributed by atoms with Crippen LogP contribution in [0.15, 0.2) is 30.3 Å². The van der Waals surface area contributed by atoms with Crippen molar-refractivity contribution in [2.24, 2.45) is 0 Å². The maximum Gasteiger partial charge on any atom is 0.129 e. The van der Waals surface area contributed by atoms with E-state index in [0.717, 1.165) is 36.7 Å². The van der Waals surface area contributed by atoms with Gasteiger partial charge in [0.25, 0.3) is 0 Å². The Morgan fingerprint density at radius 1 is 1.16 bits per heavy atom. The fraction of sp³-hybridized carbons (Fsp3) is 0.333. The highest BCUT2D eigenvalue weighted by Gasteiger charge is 2.00. The molecule has 4 nitrogen and oxygen atoms in total. The van der Waals surface area contributed by atoms with Gasteiger partial charge < -0.3 is 10.4 Å². The Morgan fingerprint density at radius 2 is 1.89 bits per heavy atom. The van der Waals surface area contributed by atoms with Crippen molar-refractivity contribution in [2.45, 2.75) is 26.7 Å². The Kier molecular flexibility index (Phi) is 4.34. The molecule has 19 heavy (non-hydrogen) atoms. The van der Waals surface area contributed by atoms with Crippen LogP contribution in [0.25, 0.3) is 0 Å². The van der Waals surface area contributed by atoms with Crippen molar-refractivity contribution in [2.75, 3.05) is 11.9 Å². The Labute approximate surface area is 113 Å². The van der Waals surface area contributed by atoms with E-state index >= 15 is 0 Å². The SMILES string of the molecule is CCc1cc(NCCc2ccc(O)cc2)nc(C)n1. The predicted octanol–water partition coefficient (Wildman–Crippen LogP) is 2.71. The van der Waals surface area contributed by atoms with Gasteiger partial charge in [0, 0.05) is 18.3 Å². The zero-order valence-electron chi connectivity index (χ0n) is 11.3. The largest absolute Gasteiger partial charge is 0.508 e. The van der Waals surface area contributed by atoms with Crippen molar-refractivity contribution in [3.8, 4) is 5.75 Å². The summed E-state index contributed by atoms with van der Waals surface area (Å²) in [4.78, 5) is 8.71. The second-order valence-corrected chi connectivity index (χ2v) is 4.49. The van der Waals surface area contributed by atoms with Crippen molar-refractivity contribution in [1.29, 1.82) is 0 Å². The van der Waals surface area contributed by atoms with Gasteiger partial charge in [0.05, 0.1) is 0 Å². The van der Waals surface area contributed by atoms with Gasteiger partial charge in [-0.3, -0.25) is 0 Å².